The second-order valence-electron chi connectivity index (χ2n) is 5.04. The van der Waals surface area contributed by atoms with E-state index < -0.39 is 5.97 Å². The van der Waals surface area contributed by atoms with Gasteiger partial charge in [-0.1, -0.05) is 13.8 Å². The first kappa shape index (κ1) is 17.9. The largest absolute Gasteiger partial charge is 0.493 e. The molecule has 0 heterocycles. The molecule has 1 aromatic carbocycles. The summed E-state index contributed by atoms with van der Waals surface area (Å²) < 4.78 is 26.5. The highest BCUT2D eigenvalue weighted by atomic mass is 16.6. The van der Waals surface area contributed by atoms with E-state index in [1.54, 1.807) is 0 Å². The minimum Gasteiger partial charge on any atom is -0.493 e. The van der Waals surface area contributed by atoms with Crippen LogP contribution in [0, 0.1) is 5.92 Å². The Balaban J connectivity index is 3.36. The molecule has 22 heavy (non-hydrogen) atoms. The lowest BCUT2D eigenvalue weighted by Crippen LogP contribution is -2.10. The Hall–Kier alpha value is -2.11. The van der Waals surface area contributed by atoms with Gasteiger partial charge in [-0.3, -0.25) is 0 Å². The number of carbonyl (C=O) groups is 1. The van der Waals surface area contributed by atoms with Crippen LogP contribution in [0.1, 0.15) is 30.6 Å². The van der Waals surface area contributed by atoms with Crippen molar-refractivity contribution in [3.63, 3.8) is 0 Å². The summed E-state index contributed by atoms with van der Waals surface area (Å²) in [6, 6.07) is 1.53. The van der Waals surface area contributed by atoms with Gasteiger partial charge in [-0.15, -0.1) is 0 Å². The van der Waals surface area contributed by atoms with E-state index in [9.17, 15) is 4.79 Å². The molecule has 0 aliphatic rings. The van der Waals surface area contributed by atoms with Crippen LogP contribution in [0.2, 0.25) is 0 Å². The molecule has 1 aromatic rings. The van der Waals surface area contributed by atoms with Crippen LogP contribution in [0.25, 0.3) is 0 Å². The average Bonchev–Trinajstić information content (AvgIpc) is 2.52. The fourth-order valence-corrected chi connectivity index (χ4v) is 1.93. The zero-order chi connectivity index (χ0) is 16.7. The third-order valence-electron chi connectivity index (χ3n) is 3.13. The van der Waals surface area contributed by atoms with Gasteiger partial charge in [0.2, 0.25) is 11.5 Å². The van der Waals surface area contributed by atoms with E-state index in [2.05, 4.69) is 13.8 Å². The first-order valence-electron chi connectivity index (χ1n) is 7.04. The Morgan fingerprint density at radius 3 is 2.09 bits per heavy atom. The molecule has 1 rings (SSSR count). The van der Waals surface area contributed by atoms with E-state index >= 15 is 0 Å². The van der Waals surface area contributed by atoms with Crippen LogP contribution in [0.3, 0.4) is 0 Å². The second kappa shape index (κ2) is 8.36. The topological polar surface area (TPSA) is 63.2 Å². The summed E-state index contributed by atoms with van der Waals surface area (Å²) >= 11 is 0. The van der Waals surface area contributed by atoms with Gasteiger partial charge in [-0.05, 0) is 12.3 Å². The molecule has 0 amide bonds. The molecule has 0 N–H and O–H groups in total. The second-order valence-corrected chi connectivity index (χ2v) is 5.04. The van der Waals surface area contributed by atoms with E-state index in [4.69, 9.17) is 23.7 Å². The number of hydrogen-bond donors (Lipinski definition) is 0. The van der Waals surface area contributed by atoms with Crippen molar-refractivity contribution in [1.29, 1.82) is 0 Å². The van der Waals surface area contributed by atoms with E-state index in [0.717, 1.165) is 6.42 Å². The maximum absolute atomic E-state index is 12.0. The van der Waals surface area contributed by atoms with E-state index in [-0.39, 0.29) is 5.56 Å². The van der Waals surface area contributed by atoms with Crippen molar-refractivity contribution in [3.05, 3.63) is 11.6 Å². The van der Waals surface area contributed by atoms with Crippen LogP contribution >= 0.6 is 0 Å². The smallest absolute Gasteiger partial charge is 0.341 e. The van der Waals surface area contributed by atoms with E-state index in [0.29, 0.717) is 35.5 Å². The Bertz CT molecular complexity index is 510. The van der Waals surface area contributed by atoms with Crippen LogP contribution in [0.4, 0.5) is 0 Å². The Labute approximate surface area is 131 Å². The maximum Gasteiger partial charge on any atom is 0.341 e. The summed E-state index contributed by atoms with van der Waals surface area (Å²) in [5, 5.41) is 0. The van der Waals surface area contributed by atoms with Gasteiger partial charge in [0.15, 0.2) is 11.5 Å². The Kier molecular flexibility index (Phi) is 6.82. The van der Waals surface area contributed by atoms with Gasteiger partial charge in [0.05, 0.1) is 35.0 Å². The quantitative estimate of drug-likeness (QED) is 0.688. The molecule has 0 saturated carbocycles. The molecule has 0 unspecified atom stereocenters. The van der Waals surface area contributed by atoms with Crippen molar-refractivity contribution < 1.29 is 28.5 Å². The zero-order valence-corrected chi connectivity index (χ0v) is 14.0. The summed E-state index contributed by atoms with van der Waals surface area (Å²) in [5.41, 5.74) is 0.237. The molecule has 0 fully saturated rings. The standard InChI is InChI=1S/C16H24O6/c1-10(2)7-8-22-13-11(16(17)21-6)9-12(18-3)14(19-4)15(13)20-5/h9-10H,7-8H2,1-6H3. The number of esters is 1. The maximum atomic E-state index is 12.0. The molecule has 6 heteroatoms. The summed E-state index contributed by atoms with van der Waals surface area (Å²) in [4.78, 5) is 12.0. The predicted octanol–water partition coefficient (Wildman–Crippen LogP) is 2.92. The Morgan fingerprint density at radius 2 is 1.64 bits per heavy atom. The fourth-order valence-electron chi connectivity index (χ4n) is 1.93. The van der Waals surface area contributed by atoms with Gasteiger partial charge >= 0.3 is 5.97 Å². The summed E-state index contributed by atoms with van der Waals surface area (Å²) in [7, 11) is 5.77. The van der Waals surface area contributed by atoms with Gasteiger partial charge in [-0.25, -0.2) is 4.79 Å². The monoisotopic (exact) mass is 312 g/mol. The number of benzene rings is 1. The molecule has 0 bridgehead atoms. The van der Waals surface area contributed by atoms with Crippen molar-refractivity contribution in [3.8, 4) is 23.0 Å². The number of methoxy groups -OCH3 is 4. The van der Waals surface area contributed by atoms with Gasteiger partial charge < -0.3 is 23.7 Å². The molecular weight excluding hydrogens is 288 g/mol. The molecule has 0 atom stereocenters. The summed E-state index contributed by atoms with van der Waals surface area (Å²) in [6.07, 6.45) is 0.845. The molecule has 0 radical (unpaired) electrons. The van der Waals surface area contributed by atoms with Crippen molar-refractivity contribution in [1.82, 2.24) is 0 Å². The summed E-state index contributed by atoms with van der Waals surface area (Å²) in [5.74, 6) is 1.30. The highest BCUT2D eigenvalue weighted by molar-refractivity contribution is 5.95. The normalized spacial score (nSPS) is 10.3. The van der Waals surface area contributed by atoms with Crippen molar-refractivity contribution in [2.24, 2.45) is 5.92 Å². The minimum atomic E-state index is -0.529. The van der Waals surface area contributed by atoms with Crippen molar-refractivity contribution in [2.45, 2.75) is 20.3 Å². The highest BCUT2D eigenvalue weighted by Gasteiger charge is 2.26. The van der Waals surface area contributed by atoms with Crippen molar-refractivity contribution >= 4 is 5.97 Å². The predicted molar refractivity (Wildman–Crippen MR) is 82.4 cm³/mol. The molecule has 0 aliphatic heterocycles. The number of rotatable bonds is 8. The van der Waals surface area contributed by atoms with Crippen LogP contribution < -0.4 is 18.9 Å². The van der Waals surface area contributed by atoms with Crippen molar-refractivity contribution in [2.75, 3.05) is 35.0 Å². The lowest BCUT2D eigenvalue weighted by molar-refractivity contribution is 0.0594. The minimum absolute atomic E-state index is 0.237. The first-order chi connectivity index (χ1) is 10.5. The molecular formula is C16H24O6. The Morgan fingerprint density at radius 1 is 1.00 bits per heavy atom. The third-order valence-corrected chi connectivity index (χ3v) is 3.13. The molecule has 0 saturated heterocycles. The first-order valence-corrected chi connectivity index (χ1v) is 7.04. The van der Waals surface area contributed by atoms with E-state index in [1.165, 1.54) is 34.5 Å². The van der Waals surface area contributed by atoms with Crippen LogP contribution in [-0.2, 0) is 4.74 Å². The molecule has 0 aromatic heterocycles. The van der Waals surface area contributed by atoms with Gasteiger partial charge in [0, 0.05) is 6.07 Å². The zero-order valence-electron chi connectivity index (χ0n) is 14.0. The number of ether oxygens (including phenoxy) is 5. The highest BCUT2D eigenvalue weighted by Crippen LogP contribution is 2.46. The van der Waals surface area contributed by atoms with E-state index in [1.807, 2.05) is 0 Å². The molecule has 124 valence electrons. The lowest BCUT2D eigenvalue weighted by atomic mass is 10.1. The third kappa shape index (κ3) is 3.96. The van der Waals surface area contributed by atoms with Gasteiger partial charge in [0.1, 0.15) is 5.56 Å². The molecule has 0 spiro atoms. The van der Waals surface area contributed by atoms with Gasteiger partial charge in [-0.2, -0.15) is 0 Å². The average molecular weight is 312 g/mol. The fraction of sp³-hybridized carbons (Fsp3) is 0.562. The summed E-state index contributed by atoms with van der Waals surface area (Å²) in [6.45, 7) is 4.64. The van der Waals surface area contributed by atoms with Crippen LogP contribution in [0.5, 0.6) is 23.0 Å². The number of carbonyl (C=O) groups excluding carboxylic acids is 1. The van der Waals surface area contributed by atoms with Gasteiger partial charge in [0.25, 0.3) is 0 Å². The SMILES string of the molecule is COC(=O)c1cc(OC)c(OC)c(OC)c1OCCC(C)C. The lowest BCUT2D eigenvalue weighted by Gasteiger charge is -2.19. The molecule has 0 aliphatic carbocycles. The van der Waals surface area contributed by atoms with Crippen LogP contribution in [0.15, 0.2) is 6.07 Å². The number of hydrogen-bond acceptors (Lipinski definition) is 6. The van der Waals surface area contributed by atoms with Crippen LogP contribution in [-0.4, -0.2) is 41.0 Å². The molecule has 6 nitrogen and oxygen atoms in total.